The maximum atomic E-state index is 15.3. The van der Waals surface area contributed by atoms with Crippen LogP contribution >= 0.6 is 0 Å². The van der Waals surface area contributed by atoms with E-state index in [1.807, 2.05) is 19.0 Å². The Balaban J connectivity index is 1.79. The minimum Gasteiger partial charge on any atom is -0.494 e. The standard InChI is InChI=1S/C25H26F2N6O/c1-6-15-11-19(34-5)22(27)20(21(15)26)18-8-7-17(23-24(18)29-10-9-28-23)14(2)31-25-30-12-16(32-25)13-33(3)4/h7-12H,2,6,13H2,1,3-5H3,(H2,30,31,32). The first-order chi connectivity index (χ1) is 16.3. The summed E-state index contributed by atoms with van der Waals surface area (Å²) in [6.07, 6.45) is 5.15. The molecule has 0 spiro atoms. The van der Waals surface area contributed by atoms with Crippen molar-refractivity contribution >= 4 is 22.7 Å². The number of halogens is 2. The minimum absolute atomic E-state index is 0.0215. The number of hydrogen-bond donors (Lipinski definition) is 2. The molecule has 9 heteroatoms. The summed E-state index contributed by atoms with van der Waals surface area (Å²) < 4.78 is 35.7. The quantitative estimate of drug-likeness (QED) is 0.382. The molecule has 0 fully saturated rings. The van der Waals surface area contributed by atoms with Crippen molar-refractivity contribution in [3.05, 3.63) is 71.8 Å². The Morgan fingerprint density at radius 3 is 2.53 bits per heavy atom. The Morgan fingerprint density at radius 1 is 1.12 bits per heavy atom. The summed E-state index contributed by atoms with van der Waals surface area (Å²) >= 11 is 0. The minimum atomic E-state index is -0.780. The molecule has 0 amide bonds. The number of imidazole rings is 1. The largest absolute Gasteiger partial charge is 0.494 e. The molecule has 4 rings (SSSR count). The van der Waals surface area contributed by atoms with Crippen molar-refractivity contribution in [3.8, 4) is 16.9 Å². The highest BCUT2D eigenvalue weighted by atomic mass is 19.1. The molecule has 0 atom stereocenters. The fourth-order valence-electron chi connectivity index (χ4n) is 3.86. The Morgan fingerprint density at radius 2 is 1.85 bits per heavy atom. The van der Waals surface area contributed by atoms with E-state index in [1.54, 1.807) is 25.3 Å². The average Bonchev–Trinajstić information content (AvgIpc) is 3.25. The second-order valence-corrected chi connectivity index (χ2v) is 8.11. The second-order valence-electron chi connectivity index (χ2n) is 8.11. The molecule has 0 unspecified atom stereocenters. The molecular formula is C25H26F2N6O. The fraction of sp³-hybridized carbons (Fsp3) is 0.240. The lowest BCUT2D eigenvalue weighted by atomic mass is 9.96. The van der Waals surface area contributed by atoms with Crippen LogP contribution in [0.3, 0.4) is 0 Å². The SMILES string of the molecule is C=C(Nc1ncc(CN(C)C)[nH]1)c1ccc(-c2c(F)c(CC)cc(OC)c2F)c2nccnc12. The molecule has 0 aliphatic rings. The highest BCUT2D eigenvalue weighted by molar-refractivity contribution is 5.99. The summed E-state index contributed by atoms with van der Waals surface area (Å²) in [5.41, 5.74) is 3.35. The van der Waals surface area contributed by atoms with Gasteiger partial charge in [-0.05, 0) is 38.2 Å². The molecule has 2 N–H and O–H groups in total. The van der Waals surface area contributed by atoms with E-state index in [-0.39, 0.29) is 16.9 Å². The monoisotopic (exact) mass is 464 g/mol. The number of nitrogens with zero attached hydrogens (tertiary/aromatic N) is 4. The van der Waals surface area contributed by atoms with E-state index >= 15 is 8.78 Å². The van der Waals surface area contributed by atoms with Gasteiger partial charge in [0.1, 0.15) is 5.82 Å². The first-order valence-corrected chi connectivity index (χ1v) is 10.8. The molecule has 2 aromatic carbocycles. The molecule has 176 valence electrons. The summed E-state index contributed by atoms with van der Waals surface area (Å²) in [6, 6.07) is 4.73. The number of methoxy groups -OCH3 is 1. The van der Waals surface area contributed by atoms with Crippen molar-refractivity contribution in [1.82, 2.24) is 24.8 Å². The highest BCUT2D eigenvalue weighted by Crippen LogP contribution is 2.38. The zero-order chi connectivity index (χ0) is 24.4. The number of benzene rings is 2. The van der Waals surface area contributed by atoms with Gasteiger partial charge in [0.25, 0.3) is 0 Å². The van der Waals surface area contributed by atoms with E-state index in [2.05, 4.69) is 31.8 Å². The van der Waals surface area contributed by atoms with Gasteiger partial charge >= 0.3 is 0 Å². The number of aromatic nitrogens is 4. The Kier molecular flexibility index (Phi) is 6.56. The van der Waals surface area contributed by atoms with E-state index in [0.29, 0.717) is 46.8 Å². The first-order valence-electron chi connectivity index (χ1n) is 10.8. The number of aromatic amines is 1. The van der Waals surface area contributed by atoms with Crippen LogP contribution in [0.25, 0.3) is 27.9 Å². The molecule has 34 heavy (non-hydrogen) atoms. The van der Waals surface area contributed by atoms with Gasteiger partial charge in [0.2, 0.25) is 5.95 Å². The van der Waals surface area contributed by atoms with Gasteiger partial charge in [0.05, 0.1) is 35.6 Å². The van der Waals surface area contributed by atoms with Crippen molar-refractivity contribution in [3.63, 3.8) is 0 Å². The van der Waals surface area contributed by atoms with Crippen LogP contribution in [0.15, 0.2) is 43.4 Å². The Hall–Kier alpha value is -3.85. The smallest absolute Gasteiger partial charge is 0.204 e. The van der Waals surface area contributed by atoms with Crippen LogP contribution in [-0.2, 0) is 13.0 Å². The molecular weight excluding hydrogens is 438 g/mol. The van der Waals surface area contributed by atoms with Gasteiger partial charge in [0.15, 0.2) is 11.6 Å². The van der Waals surface area contributed by atoms with Gasteiger partial charge in [-0.2, -0.15) is 0 Å². The van der Waals surface area contributed by atoms with Gasteiger partial charge in [-0.1, -0.05) is 19.6 Å². The van der Waals surface area contributed by atoms with Crippen LogP contribution in [0, 0.1) is 11.6 Å². The van der Waals surface area contributed by atoms with Crippen LogP contribution in [0.5, 0.6) is 5.75 Å². The van der Waals surface area contributed by atoms with E-state index in [9.17, 15) is 0 Å². The van der Waals surface area contributed by atoms with Crippen LogP contribution < -0.4 is 10.1 Å². The van der Waals surface area contributed by atoms with Crippen molar-refractivity contribution in [2.75, 3.05) is 26.5 Å². The third-order valence-electron chi connectivity index (χ3n) is 5.45. The Labute approximate surface area is 196 Å². The van der Waals surface area contributed by atoms with Gasteiger partial charge in [-0.15, -0.1) is 0 Å². The number of hydrogen-bond acceptors (Lipinski definition) is 6. The van der Waals surface area contributed by atoms with Crippen LogP contribution in [0.4, 0.5) is 14.7 Å². The number of aryl methyl sites for hydroxylation is 1. The lowest BCUT2D eigenvalue weighted by Gasteiger charge is -2.16. The predicted molar refractivity (Wildman–Crippen MR) is 129 cm³/mol. The summed E-state index contributed by atoms with van der Waals surface area (Å²) in [7, 11) is 5.29. The van der Waals surface area contributed by atoms with Gasteiger partial charge in [-0.25, -0.2) is 13.8 Å². The number of nitrogens with one attached hydrogen (secondary N) is 2. The lowest BCUT2D eigenvalue weighted by molar-refractivity contribution is 0.384. The third kappa shape index (κ3) is 4.34. The molecule has 0 aliphatic carbocycles. The number of H-pyrrole nitrogens is 1. The number of rotatable bonds is 8. The summed E-state index contributed by atoms with van der Waals surface area (Å²) in [6.45, 7) is 6.63. The second kappa shape index (κ2) is 9.56. The van der Waals surface area contributed by atoms with Gasteiger partial charge in [0, 0.05) is 35.8 Å². The predicted octanol–water partition coefficient (Wildman–Crippen LogP) is 5.01. The summed E-state index contributed by atoms with van der Waals surface area (Å²) in [5, 5.41) is 3.15. The molecule has 0 saturated carbocycles. The molecule has 0 radical (unpaired) electrons. The average molecular weight is 465 g/mol. The molecule has 0 bridgehead atoms. The van der Waals surface area contributed by atoms with Crippen molar-refractivity contribution in [1.29, 1.82) is 0 Å². The van der Waals surface area contributed by atoms with E-state index in [0.717, 1.165) is 5.69 Å². The lowest BCUT2D eigenvalue weighted by Crippen LogP contribution is -2.10. The molecule has 4 aromatic rings. The van der Waals surface area contributed by atoms with Crippen molar-refractivity contribution in [2.24, 2.45) is 0 Å². The van der Waals surface area contributed by atoms with E-state index < -0.39 is 11.6 Å². The summed E-state index contributed by atoms with van der Waals surface area (Å²) in [5.74, 6) is -0.911. The number of ether oxygens (including phenoxy) is 1. The molecule has 0 aliphatic heterocycles. The maximum Gasteiger partial charge on any atom is 0.204 e. The highest BCUT2D eigenvalue weighted by Gasteiger charge is 2.23. The number of anilines is 1. The first kappa shape index (κ1) is 23.3. The molecule has 0 saturated heterocycles. The normalized spacial score (nSPS) is 11.3. The van der Waals surface area contributed by atoms with Crippen molar-refractivity contribution in [2.45, 2.75) is 19.9 Å². The van der Waals surface area contributed by atoms with Crippen LogP contribution in [0.1, 0.15) is 23.7 Å². The molecule has 7 nitrogen and oxygen atoms in total. The van der Waals surface area contributed by atoms with Crippen LogP contribution in [-0.4, -0.2) is 46.0 Å². The van der Waals surface area contributed by atoms with E-state index in [4.69, 9.17) is 4.74 Å². The van der Waals surface area contributed by atoms with E-state index in [1.165, 1.54) is 25.6 Å². The zero-order valence-corrected chi connectivity index (χ0v) is 19.5. The molecule has 2 aromatic heterocycles. The molecule has 2 heterocycles. The fourth-order valence-corrected chi connectivity index (χ4v) is 3.86. The Bertz CT molecular complexity index is 1340. The number of fused-ring (bicyclic) bond motifs is 1. The zero-order valence-electron chi connectivity index (χ0n) is 19.5. The third-order valence-corrected chi connectivity index (χ3v) is 5.45. The maximum absolute atomic E-state index is 15.3. The topological polar surface area (TPSA) is 79.0 Å². The van der Waals surface area contributed by atoms with Gasteiger partial charge < -0.3 is 19.9 Å². The van der Waals surface area contributed by atoms with Crippen LogP contribution in [0.2, 0.25) is 0 Å². The van der Waals surface area contributed by atoms with Crippen molar-refractivity contribution < 1.29 is 13.5 Å². The van der Waals surface area contributed by atoms with Gasteiger partial charge in [-0.3, -0.25) is 9.97 Å². The summed E-state index contributed by atoms with van der Waals surface area (Å²) in [4.78, 5) is 18.4.